The molecule has 0 unspecified atom stereocenters. The van der Waals surface area contributed by atoms with Crippen molar-refractivity contribution in [1.82, 2.24) is 4.98 Å². The SMILES string of the molecule is Cc1nc(N2C(=O)C(=O)C(=C(O)c3ccc(F)cc3)[C@H]2c2ccco2)sc1C. The van der Waals surface area contributed by atoms with E-state index in [4.69, 9.17) is 4.42 Å². The number of hydrogen-bond donors (Lipinski definition) is 1. The molecule has 6 nitrogen and oxygen atoms in total. The second-order valence-electron chi connectivity index (χ2n) is 6.33. The van der Waals surface area contributed by atoms with E-state index in [0.29, 0.717) is 10.9 Å². The molecule has 1 atom stereocenters. The number of nitrogens with zero attached hydrogens (tertiary/aromatic N) is 2. The Morgan fingerprint density at radius 3 is 2.50 bits per heavy atom. The number of aromatic nitrogens is 1. The third kappa shape index (κ3) is 2.82. The quantitative estimate of drug-likeness (QED) is 0.408. The topological polar surface area (TPSA) is 83.6 Å². The molecule has 0 radical (unpaired) electrons. The molecule has 8 heteroatoms. The minimum Gasteiger partial charge on any atom is -0.507 e. The Labute approximate surface area is 163 Å². The first kappa shape index (κ1) is 18.1. The van der Waals surface area contributed by atoms with Gasteiger partial charge in [0.1, 0.15) is 23.4 Å². The maximum Gasteiger partial charge on any atom is 0.302 e. The zero-order chi connectivity index (χ0) is 20.0. The fourth-order valence-electron chi connectivity index (χ4n) is 3.07. The van der Waals surface area contributed by atoms with Gasteiger partial charge in [-0.25, -0.2) is 9.37 Å². The lowest BCUT2D eigenvalue weighted by Gasteiger charge is -2.20. The van der Waals surface area contributed by atoms with E-state index in [1.54, 1.807) is 12.1 Å². The molecule has 4 rings (SSSR count). The second-order valence-corrected chi connectivity index (χ2v) is 7.51. The number of halogens is 1. The molecule has 1 saturated heterocycles. The van der Waals surface area contributed by atoms with E-state index in [1.807, 2.05) is 13.8 Å². The number of carbonyl (C=O) groups is 2. The van der Waals surface area contributed by atoms with Crippen LogP contribution in [0.25, 0.3) is 5.76 Å². The van der Waals surface area contributed by atoms with Gasteiger partial charge in [-0.3, -0.25) is 14.5 Å². The van der Waals surface area contributed by atoms with Crippen LogP contribution in [0.3, 0.4) is 0 Å². The lowest BCUT2D eigenvalue weighted by molar-refractivity contribution is -0.132. The summed E-state index contributed by atoms with van der Waals surface area (Å²) in [7, 11) is 0. The predicted octanol–water partition coefficient (Wildman–Crippen LogP) is 4.12. The number of hydrogen-bond acceptors (Lipinski definition) is 6. The normalized spacial score (nSPS) is 18.8. The van der Waals surface area contributed by atoms with Gasteiger partial charge < -0.3 is 9.52 Å². The molecule has 1 aliphatic heterocycles. The molecular weight excluding hydrogens is 383 g/mol. The molecule has 0 saturated carbocycles. The van der Waals surface area contributed by atoms with Crippen molar-refractivity contribution in [2.75, 3.05) is 4.90 Å². The number of rotatable bonds is 3. The molecule has 1 amide bonds. The van der Waals surface area contributed by atoms with E-state index >= 15 is 0 Å². The van der Waals surface area contributed by atoms with Gasteiger partial charge in [0.15, 0.2) is 5.13 Å². The fraction of sp³-hybridized carbons (Fsp3) is 0.150. The van der Waals surface area contributed by atoms with Crippen LogP contribution in [0.15, 0.2) is 52.7 Å². The Bertz CT molecular complexity index is 1080. The molecule has 1 aliphatic rings. The number of aliphatic hydroxyl groups is 1. The van der Waals surface area contributed by atoms with Crippen molar-refractivity contribution < 1.29 is 23.5 Å². The summed E-state index contributed by atoms with van der Waals surface area (Å²) in [6.07, 6.45) is 1.42. The first-order chi connectivity index (χ1) is 13.4. The number of aliphatic hydroxyl groups excluding tert-OH is 1. The highest BCUT2D eigenvalue weighted by molar-refractivity contribution is 7.16. The van der Waals surface area contributed by atoms with Crippen molar-refractivity contribution in [3.63, 3.8) is 0 Å². The van der Waals surface area contributed by atoms with Crippen LogP contribution < -0.4 is 4.90 Å². The standard InChI is InChI=1S/C20H15FN2O4S/c1-10-11(2)28-20(22-10)23-16(14-4-3-9-27-14)15(18(25)19(23)26)17(24)12-5-7-13(21)8-6-12/h3-9,16,24H,1-2H3/t16-/m1/s1. The Hall–Kier alpha value is -3.26. The van der Waals surface area contributed by atoms with Gasteiger partial charge in [0.2, 0.25) is 0 Å². The summed E-state index contributed by atoms with van der Waals surface area (Å²) in [6.45, 7) is 3.68. The van der Waals surface area contributed by atoms with Crippen LogP contribution in [0.1, 0.15) is 27.9 Å². The fourth-order valence-corrected chi connectivity index (χ4v) is 4.00. The minimum atomic E-state index is -0.968. The second kappa shape index (κ2) is 6.72. The van der Waals surface area contributed by atoms with Crippen LogP contribution in [-0.2, 0) is 9.59 Å². The summed E-state index contributed by atoms with van der Waals surface area (Å²) in [5.41, 5.74) is 0.846. The molecule has 2 aromatic heterocycles. The van der Waals surface area contributed by atoms with Crippen molar-refractivity contribution in [1.29, 1.82) is 0 Å². The van der Waals surface area contributed by atoms with Crippen molar-refractivity contribution in [2.24, 2.45) is 0 Å². The van der Waals surface area contributed by atoms with Crippen LogP contribution >= 0.6 is 11.3 Å². The zero-order valence-corrected chi connectivity index (χ0v) is 15.8. The number of carbonyl (C=O) groups excluding carboxylic acids is 2. The maximum atomic E-state index is 13.2. The first-order valence-corrected chi connectivity index (χ1v) is 9.24. The highest BCUT2D eigenvalue weighted by Gasteiger charge is 2.49. The van der Waals surface area contributed by atoms with Crippen molar-refractivity contribution in [3.05, 3.63) is 75.9 Å². The summed E-state index contributed by atoms with van der Waals surface area (Å²) in [4.78, 5) is 32.2. The summed E-state index contributed by atoms with van der Waals surface area (Å²) >= 11 is 1.28. The number of anilines is 1. The third-order valence-corrected chi connectivity index (χ3v) is 5.67. The molecule has 1 aromatic carbocycles. The molecule has 142 valence electrons. The number of Topliss-reactive ketones (excluding diaryl/α,β-unsaturated/α-hetero) is 1. The van der Waals surface area contributed by atoms with Gasteiger partial charge in [-0.2, -0.15) is 0 Å². The number of aryl methyl sites for hydroxylation is 2. The maximum absolute atomic E-state index is 13.2. The predicted molar refractivity (Wildman–Crippen MR) is 101 cm³/mol. The van der Waals surface area contributed by atoms with Gasteiger partial charge in [0.05, 0.1) is 17.5 Å². The summed E-state index contributed by atoms with van der Waals surface area (Å²) in [5.74, 6) is -2.22. The lowest BCUT2D eigenvalue weighted by atomic mass is 9.99. The molecular formula is C20H15FN2O4S. The van der Waals surface area contributed by atoms with Gasteiger partial charge in [-0.05, 0) is 50.2 Å². The molecule has 0 aliphatic carbocycles. The Morgan fingerprint density at radius 2 is 1.93 bits per heavy atom. The Morgan fingerprint density at radius 1 is 1.21 bits per heavy atom. The average Bonchev–Trinajstić information content (AvgIpc) is 3.36. The summed E-state index contributed by atoms with van der Waals surface area (Å²) in [5, 5.41) is 11.1. The number of thiazole rings is 1. The van der Waals surface area contributed by atoms with Crippen LogP contribution in [0.2, 0.25) is 0 Å². The van der Waals surface area contributed by atoms with Gasteiger partial charge in [0, 0.05) is 10.4 Å². The third-order valence-electron chi connectivity index (χ3n) is 4.60. The molecule has 0 bridgehead atoms. The molecule has 1 N–H and O–H groups in total. The Kier molecular flexibility index (Phi) is 4.35. The summed E-state index contributed by atoms with van der Waals surface area (Å²) in [6, 6.07) is 7.30. The van der Waals surface area contributed by atoms with Crippen LogP contribution in [-0.4, -0.2) is 21.8 Å². The Balaban J connectivity index is 1.92. The first-order valence-electron chi connectivity index (χ1n) is 8.43. The smallest absolute Gasteiger partial charge is 0.302 e. The van der Waals surface area contributed by atoms with Crippen LogP contribution in [0.4, 0.5) is 9.52 Å². The molecule has 1 fully saturated rings. The highest BCUT2D eigenvalue weighted by atomic mass is 32.1. The minimum absolute atomic E-state index is 0.128. The molecule has 3 heterocycles. The van der Waals surface area contributed by atoms with E-state index in [1.165, 1.54) is 46.8 Å². The molecule has 0 spiro atoms. The molecule has 28 heavy (non-hydrogen) atoms. The van der Waals surface area contributed by atoms with Crippen LogP contribution in [0, 0.1) is 19.7 Å². The number of ketones is 1. The van der Waals surface area contributed by atoms with Crippen molar-refractivity contribution in [2.45, 2.75) is 19.9 Å². The largest absolute Gasteiger partial charge is 0.507 e. The lowest BCUT2D eigenvalue weighted by Crippen LogP contribution is -2.29. The van der Waals surface area contributed by atoms with Crippen molar-refractivity contribution >= 4 is 33.9 Å². The van der Waals surface area contributed by atoms with E-state index in [0.717, 1.165) is 10.6 Å². The van der Waals surface area contributed by atoms with Gasteiger partial charge >= 0.3 is 5.91 Å². The summed E-state index contributed by atoms with van der Waals surface area (Å²) < 4.78 is 18.7. The van der Waals surface area contributed by atoms with E-state index in [2.05, 4.69) is 4.98 Å². The molecule has 3 aromatic rings. The van der Waals surface area contributed by atoms with E-state index in [9.17, 15) is 19.1 Å². The van der Waals surface area contributed by atoms with Gasteiger partial charge in [-0.1, -0.05) is 0 Å². The monoisotopic (exact) mass is 398 g/mol. The number of furan rings is 1. The van der Waals surface area contributed by atoms with Gasteiger partial charge in [-0.15, -0.1) is 11.3 Å². The van der Waals surface area contributed by atoms with E-state index in [-0.39, 0.29) is 11.1 Å². The van der Waals surface area contributed by atoms with Crippen molar-refractivity contribution in [3.8, 4) is 0 Å². The highest BCUT2D eigenvalue weighted by Crippen LogP contribution is 2.43. The van der Waals surface area contributed by atoms with E-state index < -0.39 is 29.3 Å². The number of amides is 1. The zero-order valence-electron chi connectivity index (χ0n) is 15.0. The average molecular weight is 398 g/mol. The number of benzene rings is 1. The van der Waals surface area contributed by atoms with Gasteiger partial charge in [0.25, 0.3) is 5.78 Å². The van der Waals surface area contributed by atoms with Crippen LogP contribution in [0.5, 0.6) is 0 Å².